The number of benzene rings is 1. The van der Waals surface area contributed by atoms with Crippen molar-refractivity contribution in [3.05, 3.63) is 45.9 Å². The molecule has 90 valence electrons. The number of nitrogens with zero attached hydrogens (tertiary/aromatic N) is 2. The number of halogens is 2. The Morgan fingerprint density at radius 1 is 1.29 bits per heavy atom. The van der Waals surface area contributed by atoms with Crippen LogP contribution < -0.4 is 5.32 Å². The fraction of sp³-hybridized carbons (Fsp3) is 0.250. The minimum absolute atomic E-state index is 0.938. The van der Waals surface area contributed by atoms with E-state index in [1.165, 1.54) is 0 Å². The van der Waals surface area contributed by atoms with Crippen LogP contribution in [0.2, 0.25) is 0 Å². The minimum Gasteiger partial charge on any atom is -0.384 e. The average molecular weight is 359 g/mol. The zero-order valence-corrected chi connectivity index (χ0v) is 12.4. The monoisotopic (exact) mass is 357 g/mol. The fourth-order valence-electron chi connectivity index (χ4n) is 1.54. The molecule has 1 heterocycles. The van der Waals surface area contributed by atoms with E-state index < -0.39 is 0 Å². The lowest BCUT2D eigenvalue weighted by Gasteiger charge is -2.09. The first kappa shape index (κ1) is 12.6. The van der Waals surface area contributed by atoms with Crippen LogP contribution in [0.1, 0.15) is 6.42 Å². The van der Waals surface area contributed by atoms with Crippen molar-refractivity contribution in [2.45, 2.75) is 13.0 Å². The van der Waals surface area contributed by atoms with E-state index in [0.717, 1.165) is 34.1 Å². The maximum absolute atomic E-state index is 4.01. The molecule has 0 saturated carbocycles. The van der Waals surface area contributed by atoms with Gasteiger partial charge in [-0.1, -0.05) is 15.9 Å². The van der Waals surface area contributed by atoms with Crippen molar-refractivity contribution in [1.82, 2.24) is 9.55 Å². The maximum atomic E-state index is 4.01. The summed E-state index contributed by atoms with van der Waals surface area (Å²) < 4.78 is 4.25. The Morgan fingerprint density at radius 2 is 2.18 bits per heavy atom. The fourth-order valence-corrected chi connectivity index (χ4v) is 2.28. The highest BCUT2D eigenvalue weighted by Crippen LogP contribution is 2.25. The Balaban J connectivity index is 1.80. The summed E-state index contributed by atoms with van der Waals surface area (Å²) in [5.74, 6) is 0. The van der Waals surface area contributed by atoms with E-state index in [-0.39, 0.29) is 0 Å². The second kappa shape index (κ2) is 6.21. The largest absolute Gasteiger partial charge is 0.384 e. The van der Waals surface area contributed by atoms with Crippen molar-refractivity contribution >= 4 is 37.5 Å². The molecule has 2 aromatic rings. The van der Waals surface area contributed by atoms with E-state index in [0.29, 0.717) is 0 Å². The molecule has 3 nitrogen and oxygen atoms in total. The van der Waals surface area contributed by atoms with Gasteiger partial charge in [-0.25, -0.2) is 4.98 Å². The quantitative estimate of drug-likeness (QED) is 0.821. The topological polar surface area (TPSA) is 29.9 Å². The van der Waals surface area contributed by atoms with Gasteiger partial charge in [-0.05, 0) is 40.5 Å². The predicted molar refractivity (Wildman–Crippen MR) is 77.2 cm³/mol. The predicted octanol–water partition coefficient (Wildman–Crippen LogP) is 3.91. The van der Waals surface area contributed by atoms with Gasteiger partial charge >= 0.3 is 0 Å². The lowest BCUT2D eigenvalue weighted by molar-refractivity contribution is 0.660. The van der Waals surface area contributed by atoms with E-state index in [9.17, 15) is 0 Å². The van der Waals surface area contributed by atoms with E-state index in [1.54, 1.807) is 6.20 Å². The number of imidazole rings is 1. The van der Waals surface area contributed by atoms with Crippen LogP contribution in [0, 0.1) is 0 Å². The number of aromatic nitrogens is 2. The van der Waals surface area contributed by atoms with Gasteiger partial charge in [0.1, 0.15) is 0 Å². The third kappa shape index (κ3) is 3.85. The number of hydrogen-bond donors (Lipinski definition) is 1. The highest BCUT2D eigenvalue weighted by Gasteiger charge is 1.99. The Hall–Kier alpha value is -0.810. The van der Waals surface area contributed by atoms with Gasteiger partial charge in [0, 0.05) is 40.1 Å². The second-order valence-corrected chi connectivity index (χ2v) is 5.48. The summed E-state index contributed by atoms with van der Waals surface area (Å²) in [5.41, 5.74) is 1.12. The van der Waals surface area contributed by atoms with E-state index in [1.807, 2.05) is 24.7 Å². The normalized spacial score (nSPS) is 10.5. The van der Waals surface area contributed by atoms with Crippen LogP contribution in [0.4, 0.5) is 5.69 Å². The van der Waals surface area contributed by atoms with Gasteiger partial charge in [-0.15, -0.1) is 0 Å². The van der Waals surface area contributed by atoms with Crippen LogP contribution >= 0.6 is 31.9 Å². The molecule has 0 fully saturated rings. The average Bonchev–Trinajstić information content (AvgIpc) is 2.82. The molecule has 17 heavy (non-hydrogen) atoms. The van der Waals surface area contributed by atoms with E-state index in [4.69, 9.17) is 0 Å². The SMILES string of the molecule is Brc1ccc(Br)c(NCCCn2ccnc2)c1. The second-order valence-electron chi connectivity index (χ2n) is 3.71. The number of rotatable bonds is 5. The molecule has 0 unspecified atom stereocenters. The molecular formula is C12H13Br2N3. The highest BCUT2D eigenvalue weighted by atomic mass is 79.9. The molecule has 5 heteroatoms. The van der Waals surface area contributed by atoms with Gasteiger partial charge in [-0.3, -0.25) is 0 Å². The van der Waals surface area contributed by atoms with Gasteiger partial charge in [0.25, 0.3) is 0 Å². The molecule has 1 aromatic carbocycles. The molecule has 0 amide bonds. The third-order valence-electron chi connectivity index (χ3n) is 2.40. The van der Waals surface area contributed by atoms with Crippen LogP contribution in [0.25, 0.3) is 0 Å². The maximum Gasteiger partial charge on any atom is 0.0945 e. The molecule has 1 aromatic heterocycles. The summed E-state index contributed by atoms with van der Waals surface area (Å²) in [6.45, 7) is 1.92. The summed E-state index contributed by atoms with van der Waals surface area (Å²) >= 11 is 6.99. The Bertz CT molecular complexity index is 469. The zero-order valence-electron chi connectivity index (χ0n) is 9.24. The van der Waals surface area contributed by atoms with E-state index >= 15 is 0 Å². The smallest absolute Gasteiger partial charge is 0.0945 e. The molecule has 0 bridgehead atoms. The molecule has 0 atom stereocenters. The standard InChI is InChI=1S/C12H13Br2N3/c13-10-2-3-11(14)12(8-10)16-4-1-6-17-7-5-15-9-17/h2-3,5,7-9,16H,1,4,6H2. The van der Waals surface area contributed by atoms with E-state index in [2.05, 4.69) is 52.8 Å². The number of anilines is 1. The lowest BCUT2D eigenvalue weighted by Crippen LogP contribution is -2.06. The zero-order chi connectivity index (χ0) is 12.1. The van der Waals surface area contributed by atoms with Crippen LogP contribution in [0.3, 0.4) is 0 Å². The van der Waals surface area contributed by atoms with Crippen molar-refractivity contribution < 1.29 is 0 Å². The molecule has 0 aliphatic heterocycles. The summed E-state index contributed by atoms with van der Waals surface area (Å²) in [6.07, 6.45) is 6.69. The van der Waals surface area contributed by atoms with Crippen molar-refractivity contribution in [2.75, 3.05) is 11.9 Å². The molecule has 1 N–H and O–H groups in total. The molecule has 2 rings (SSSR count). The summed E-state index contributed by atoms with van der Waals surface area (Å²) in [7, 11) is 0. The van der Waals surface area contributed by atoms with Crippen LogP contribution in [0.15, 0.2) is 45.9 Å². The Morgan fingerprint density at radius 3 is 2.94 bits per heavy atom. The Labute approximate surface area is 118 Å². The summed E-state index contributed by atoms with van der Waals surface area (Å²) in [5, 5.41) is 3.41. The van der Waals surface area contributed by atoms with Crippen molar-refractivity contribution in [1.29, 1.82) is 0 Å². The first-order chi connectivity index (χ1) is 8.25. The van der Waals surface area contributed by atoms with Gasteiger partial charge in [0.05, 0.1) is 6.33 Å². The van der Waals surface area contributed by atoms with Crippen molar-refractivity contribution in [3.63, 3.8) is 0 Å². The van der Waals surface area contributed by atoms with Gasteiger partial charge in [-0.2, -0.15) is 0 Å². The molecule has 0 aliphatic carbocycles. The van der Waals surface area contributed by atoms with Crippen LogP contribution in [-0.2, 0) is 6.54 Å². The van der Waals surface area contributed by atoms with Crippen molar-refractivity contribution in [3.8, 4) is 0 Å². The van der Waals surface area contributed by atoms with Crippen molar-refractivity contribution in [2.24, 2.45) is 0 Å². The third-order valence-corrected chi connectivity index (χ3v) is 3.58. The summed E-state index contributed by atoms with van der Waals surface area (Å²) in [4.78, 5) is 4.01. The molecular weight excluding hydrogens is 346 g/mol. The lowest BCUT2D eigenvalue weighted by atomic mass is 10.3. The van der Waals surface area contributed by atoms with Gasteiger partial charge in [0.15, 0.2) is 0 Å². The molecule has 0 spiro atoms. The number of aryl methyl sites for hydroxylation is 1. The van der Waals surface area contributed by atoms with Gasteiger partial charge in [0.2, 0.25) is 0 Å². The first-order valence-electron chi connectivity index (χ1n) is 5.40. The number of nitrogens with one attached hydrogen (secondary N) is 1. The van der Waals surface area contributed by atoms with Crippen LogP contribution in [-0.4, -0.2) is 16.1 Å². The highest BCUT2D eigenvalue weighted by molar-refractivity contribution is 9.11. The Kier molecular flexibility index (Phi) is 4.62. The first-order valence-corrected chi connectivity index (χ1v) is 6.99. The molecule has 0 saturated heterocycles. The summed E-state index contributed by atoms with van der Waals surface area (Å²) in [6, 6.07) is 6.12. The molecule has 0 radical (unpaired) electrons. The van der Waals surface area contributed by atoms with Gasteiger partial charge < -0.3 is 9.88 Å². The number of hydrogen-bond acceptors (Lipinski definition) is 2. The molecule has 0 aliphatic rings. The minimum atomic E-state index is 0.938. The van der Waals surface area contributed by atoms with Crippen LogP contribution in [0.5, 0.6) is 0 Å².